The van der Waals surface area contributed by atoms with E-state index in [2.05, 4.69) is 21.9 Å². The van der Waals surface area contributed by atoms with E-state index in [1.807, 2.05) is 11.5 Å². The number of rotatable bonds is 3. The molecule has 3 heterocycles. The first-order valence-electron chi connectivity index (χ1n) is 6.34. The molecule has 0 saturated carbocycles. The maximum atomic E-state index is 9.78. The predicted molar refractivity (Wildman–Crippen MR) is 71.9 cm³/mol. The topological polar surface area (TPSA) is 73.1 Å². The second kappa shape index (κ2) is 5.07. The van der Waals surface area contributed by atoms with E-state index < -0.39 is 6.10 Å². The molecule has 3 rings (SSSR count). The molecule has 0 amide bonds. The van der Waals surface area contributed by atoms with Crippen LogP contribution in [-0.2, 0) is 4.74 Å². The summed E-state index contributed by atoms with van der Waals surface area (Å²) in [6.45, 7) is 3.95. The van der Waals surface area contributed by atoms with E-state index in [1.54, 1.807) is 24.4 Å². The van der Waals surface area contributed by atoms with Gasteiger partial charge in [-0.05, 0) is 12.7 Å². The van der Waals surface area contributed by atoms with Gasteiger partial charge in [0, 0.05) is 6.42 Å². The van der Waals surface area contributed by atoms with E-state index in [4.69, 9.17) is 4.74 Å². The third-order valence-corrected chi connectivity index (χ3v) is 4.13. The van der Waals surface area contributed by atoms with Crippen molar-refractivity contribution in [2.75, 3.05) is 5.75 Å². The monoisotopic (exact) mass is 280 g/mol. The quantitative estimate of drug-likeness (QED) is 0.680. The minimum absolute atomic E-state index is 0.159. The number of fused-ring (bicyclic) bond motifs is 1. The summed E-state index contributed by atoms with van der Waals surface area (Å²) in [6.07, 6.45) is 3.03. The number of imidazole rings is 1. The normalized spacial score (nSPS) is 27.2. The molecule has 0 unspecified atom stereocenters. The van der Waals surface area contributed by atoms with Crippen molar-refractivity contribution in [3.8, 4) is 0 Å². The summed E-state index contributed by atoms with van der Waals surface area (Å²) in [6, 6.07) is 0. The van der Waals surface area contributed by atoms with Gasteiger partial charge < -0.3 is 9.84 Å². The van der Waals surface area contributed by atoms with Gasteiger partial charge in [0.1, 0.15) is 23.1 Å². The van der Waals surface area contributed by atoms with Crippen LogP contribution in [0.15, 0.2) is 17.7 Å². The number of aliphatic hydroxyl groups excluding tert-OH is 1. The zero-order valence-electron chi connectivity index (χ0n) is 10.9. The highest BCUT2D eigenvalue weighted by Gasteiger charge is 2.32. The zero-order chi connectivity index (χ0) is 13.4. The third kappa shape index (κ3) is 2.22. The van der Waals surface area contributed by atoms with E-state index >= 15 is 0 Å². The van der Waals surface area contributed by atoms with Crippen molar-refractivity contribution in [3.05, 3.63) is 12.7 Å². The molecule has 19 heavy (non-hydrogen) atoms. The van der Waals surface area contributed by atoms with Gasteiger partial charge in [0.15, 0.2) is 5.65 Å². The van der Waals surface area contributed by atoms with Crippen molar-refractivity contribution < 1.29 is 9.84 Å². The van der Waals surface area contributed by atoms with Crippen LogP contribution in [0.4, 0.5) is 0 Å². The highest BCUT2D eigenvalue weighted by atomic mass is 32.2. The molecule has 1 aliphatic heterocycles. The van der Waals surface area contributed by atoms with Gasteiger partial charge in [0.2, 0.25) is 0 Å². The standard InChI is InChI=1S/C12H16N4O2S/c1-3-19-12-10-11(13-5-14-12)16(6-15-10)9-4-8(17)7(2)18-9/h5-9,17H,3-4H2,1-2H3/t7-,8+,9-/m1/s1. The Morgan fingerprint density at radius 2 is 2.32 bits per heavy atom. The van der Waals surface area contributed by atoms with Crippen molar-refractivity contribution in [3.63, 3.8) is 0 Å². The molecule has 102 valence electrons. The molecule has 0 spiro atoms. The zero-order valence-corrected chi connectivity index (χ0v) is 11.7. The predicted octanol–water partition coefficient (Wildman–Crippen LogP) is 1.61. The van der Waals surface area contributed by atoms with Crippen LogP contribution in [-0.4, -0.2) is 42.6 Å². The number of thioether (sulfide) groups is 1. The fraction of sp³-hybridized carbons (Fsp3) is 0.583. The molecule has 0 radical (unpaired) electrons. The number of aliphatic hydroxyl groups is 1. The van der Waals surface area contributed by atoms with Crippen molar-refractivity contribution in [2.45, 2.75) is 43.7 Å². The lowest BCUT2D eigenvalue weighted by Crippen LogP contribution is -2.15. The van der Waals surface area contributed by atoms with Crippen molar-refractivity contribution in [1.29, 1.82) is 0 Å². The minimum Gasteiger partial charge on any atom is -0.390 e. The first-order chi connectivity index (χ1) is 9.20. The minimum atomic E-state index is -0.436. The van der Waals surface area contributed by atoms with Crippen LogP contribution in [0.2, 0.25) is 0 Å². The summed E-state index contributed by atoms with van der Waals surface area (Å²) in [5.41, 5.74) is 1.56. The molecule has 0 aromatic carbocycles. The maximum Gasteiger partial charge on any atom is 0.166 e. The lowest BCUT2D eigenvalue weighted by molar-refractivity contribution is -0.00633. The summed E-state index contributed by atoms with van der Waals surface area (Å²) in [4.78, 5) is 12.9. The maximum absolute atomic E-state index is 9.78. The number of aromatic nitrogens is 4. The number of ether oxygens (including phenoxy) is 1. The Morgan fingerprint density at radius 3 is 3.00 bits per heavy atom. The van der Waals surface area contributed by atoms with Crippen LogP contribution in [0.3, 0.4) is 0 Å². The van der Waals surface area contributed by atoms with E-state index in [-0.39, 0.29) is 12.3 Å². The Labute approximate surface area is 115 Å². The molecule has 1 saturated heterocycles. The van der Waals surface area contributed by atoms with E-state index in [0.717, 1.165) is 21.9 Å². The van der Waals surface area contributed by atoms with Crippen LogP contribution >= 0.6 is 11.8 Å². The molecule has 0 aliphatic carbocycles. The van der Waals surface area contributed by atoms with Crippen molar-refractivity contribution >= 4 is 22.9 Å². The number of nitrogens with zero attached hydrogens (tertiary/aromatic N) is 4. The van der Waals surface area contributed by atoms with Gasteiger partial charge in [-0.25, -0.2) is 15.0 Å². The summed E-state index contributed by atoms with van der Waals surface area (Å²) < 4.78 is 7.61. The van der Waals surface area contributed by atoms with Gasteiger partial charge in [0.25, 0.3) is 0 Å². The molecule has 1 aliphatic rings. The van der Waals surface area contributed by atoms with Crippen LogP contribution in [0, 0.1) is 0 Å². The Bertz CT molecular complexity index is 578. The van der Waals surface area contributed by atoms with Crippen LogP contribution in [0.1, 0.15) is 26.5 Å². The first-order valence-corrected chi connectivity index (χ1v) is 7.33. The average molecular weight is 280 g/mol. The van der Waals surface area contributed by atoms with Gasteiger partial charge in [0.05, 0.1) is 18.5 Å². The molecule has 6 nitrogen and oxygen atoms in total. The van der Waals surface area contributed by atoms with Gasteiger partial charge in [-0.3, -0.25) is 4.57 Å². The molecule has 7 heteroatoms. The highest BCUT2D eigenvalue weighted by molar-refractivity contribution is 7.99. The highest BCUT2D eigenvalue weighted by Crippen LogP contribution is 2.32. The largest absolute Gasteiger partial charge is 0.390 e. The molecule has 3 atom stereocenters. The smallest absolute Gasteiger partial charge is 0.166 e. The third-order valence-electron chi connectivity index (χ3n) is 3.27. The van der Waals surface area contributed by atoms with Gasteiger partial charge in [-0.15, -0.1) is 11.8 Å². The van der Waals surface area contributed by atoms with Gasteiger partial charge in [-0.2, -0.15) is 0 Å². The Hall–Kier alpha value is -1.18. The van der Waals surface area contributed by atoms with E-state index in [0.29, 0.717) is 6.42 Å². The van der Waals surface area contributed by atoms with Crippen LogP contribution < -0.4 is 0 Å². The fourth-order valence-electron chi connectivity index (χ4n) is 2.25. The molecule has 2 aromatic rings. The molecule has 2 aromatic heterocycles. The summed E-state index contributed by atoms with van der Waals surface area (Å²) >= 11 is 1.64. The Balaban J connectivity index is 1.99. The Kier molecular flexibility index (Phi) is 3.42. The van der Waals surface area contributed by atoms with Crippen LogP contribution in [0.5, 0.6) is 0 Å². The molecule has 1 N–H and O–H groups in total. The summed E-state index contributed by atoms with van der Waals surface area (Å²) in [5.74, 6) is 0.939. The molecule has 0 bridgehead atoms. The molecular weight excluding hydrogens is 264 g/mol. The average Bonchev–Trinajstić information content (AvgIpc) is 2.95. The van der Waals surface area contributed by atoms with Gasteiger partial charge in [-0.1, -0.05) is 6.92 Å². The second-order valence-electron chi connectivity index (χ2n) is 4.53. The van der Waals surface area contributed by atoms with Gasteiger partial charge >= 0.3 is 0 Å². The van der Waals surface area contributed by atoms with Crippen LogP contribution in [0.25, 0.3) is 11.2 Å². The molecule has 1 fully saturated rings. The molecular formula is C12H16N4O2S. The second-order valence-corrected chi connectivity index (χ2v) is 5.79. The SMILES string of the molecule is CCSc1ncnc2c1ncn2[C@H]1C[C@H](O)[C@@H](C)O1. The fourth-order valence-corrected chi connectivity index (χ4v) is 2.93. The lowest BCUT2D eigenvalue weighted by atomic mass is 10.2. The number of hydrogen-bond acceptors (Lipinski definition) is 6. The summed E-state index contributed by atoms with van der Waals surface area (Å²) in [7, 11) is 0. The Morgan fingerprint density at radius 1 is 1.47 bits per heavy atom. The summed E-state index contributed by atoms with van der Waals surface area (Å²) in [5, 5.41) is 10.7. The lowest BCUT2D eigenvalue weighted by Gasteiger charge is -2.12. The van der Waals surface area contributed by atoms with Crippen molar-refractivity contribution in [2.24, 2.45) is 0 Å². The van der Waals surface area contributed by atoms with E-state index in [9.17, 15) is 5.11 Å². The van der Waals surface area contributed by atoms with E-state index in [1.165, 1.54) is 0 Å². The van der Waals surface area contributed by atoms with Crippen molar-refractivity contribution in [1.82, 2.24) is 19.5 Å². The first kappa shape index (κ1) is 12.8. The number of hydrogen-bond donors (Lipinski definition) is 1.